The highest BCUT2D eigenvalue weighted by atomic mass is 16.5. The molecule has 3 aromatic rings. The van der Waals surface area contributed by atoms with Crippen LogP contribution in [0.1, 0.15) is 25.3 Å². The zero-order valence-electron chi connectivity index (χ0n) is 16.1. The van der Waals surface area contributed by atoms with Gasteiger partial charge in [0.05, 0.1) is 6.61 Å². The fourth-order valence-electron chi connectivity index (χ4n) is 2.85. The lowest BCUT2D eigenvalue weighted by Gasteiger charge is -2.25. The molecule has 0 spiro atoms. The standard InChI is InChI=1S/C23H26N2O2/c1-18(2)19-7-9-20(10-8-19)25(16-17-26-3)21-11-13-22(14-12-21)27-23-6-4-5-15-24-23/h4-15,18H,16-17H2,1-3H3. The molecule has 0 radical (unpaired) electrons. The van der Waals surface area contributed by atoms with E-state index in [0.29, 0.717) is 18.4 Å². The highest BCUT2D eigenvalue weighted by molar-refractivity contribution is 5.64. The summed E-state index contributed by atoms with van der Waals surface area (Å²) in [6.07, 6.45) is 1.72. The van der Waals surface area contributed by atoms with E-state index in [-0.39, 0.29) is 0 Å². The van der Waals surface area contributed by atoms with Crippen molar-refractivity contribution in [3.8, 4) is 11.6 Å². The maximum absolute atomic E-state index is 5.79. The van der Waals surface area contributed by atoms with Crippen molar-refractivity contribution in [1.29, 1.82) is 0 Å². The molecule has 3 rings (SSSR count). The van der Waals surface area contributed by atoms with E-state index in [1.165, 1.54) is 5.56 Å². The molecule has 0 aliphatic rings. The van der Waals surface area contributed by atoms with E-state index in [1.54, 1.807) is 13.3 Å². The summed E-state index contributed by atoms with van der Waals surface area (Å²) in [7, 11) is 1.73. The molecule has 0 saturated heterocycles. The Morgan fingerprint density at radius 1 is 0.889 bits per heavy atom. The minimum absolute atomic E-state index is 0.523. The quantitative estimate of drug-likeness (QED) is 0.508. The molecule has 2 aromatic carbocycles. The maximum atomic E-state index is 5.79. The second-order valence-corrected chi connectivity index (χ2v) is 6.65. The van der Waals surface area contributed by atoms with Crippen molar-refractivity contribution in [3.05, 3.63) is 78.5 Å². The Hall–Kier alpha value is -2.85. The summed E-state index contributed by atoms with van der Waals surface area (Å²) in [4.78, 5) is 6.44. The summed E-state index contributed by atoms with van der Waals surface area (Å²) in [5.41, 5.74) is 3.58. The average molecular weight is 362 g/mol. The molecule has 0 fully saturated rings. The van der Waals surface area contributed by atoms with Crippen LogP contribution < -0.4 is 9.64 Å². The van der Waals surface area contributed by atoms with Crippen LogP contribution in [0.5, 0.6) is 11.6 Å². The van der Waals surface area contributed by atoms with Gasteiger partial charge in [0.1, 0.15) is 5.75 Å². The van der Waals surface area contributed by atoms with Crippen LogP contribution in [0.25, 0.3) is 0 Å². The van der Waals surface area contributed by atoms with E-state index >= 15 is 0 Å². The lowest BCUT2D eigenvalue weighted by atomic mass is 10.0. The molecule has 1 aromatic heterocycles. The van der Waals surface area contributed by atoms with Crippen molar-refractivity contribution < 1.29 is 9.47 Å². The third kappa shape index (κ3) is 5.08. The van der Waals surface area contributed by atoms with Gasteiger partial charge in [-0.3, -0.25) is 0 Å². The maximum Gasteiger partial charge on any atom is 0.219 e. The molecule has 4 heteroatoms. The third-order valence-electron chi connectivity index (χ3n) is 4.40. The van der Waals surface area contributed by atoms with Gasteiger partial charge in [-0.2, -0.15) is 0 Å². The van der Waals surface area contributed by atoms with Gasteiger partial charge in [-0.15, -0.1) is 0 Å². The largest absolute Gasteiger partial charge is 0.439 e. The first-order valence-corrected chi connectivity index (χ1v) is 9.23. The van der Waals surface area contributed by atoms with E-state index in [1.807, 2.05) is 30.3 Å². The normalized spacial score (nSPS) is 10.8. The van der Waals surface area contributed by atoms with E-state index in [2.05, 4.69) is 60.1 Å². The minimum atomic E-state index is 0.523. The molecule has 0 N–H and O–H groups in total. The second-order valence-electron chi connectivity index (χ2n) is 6.65. The number of aromatic nitrogens is 1. The van der Waals surface area contributed by atoms with Crippen LogP contribution in [0, 0.1) is 0 Å². The summed E-state index contributed by atoms with van der Waals surface area (Å²) in [6, 6.07) is 22.4. The number of benzene rings is 2. The van der Waals surface area contributed by atoms with Crippen LogP contribution in [0.4, 0.5) is 11.4 Å². The first-order valence-electron chi connectivity index (χ1n) is 9.23. The summed E-state index contributed by atoms with van der Waals surface area (Å²) in [5, 5.41) is 0. The van der Waals surface area contributed by atoms with Gasteiger partial charge in [0.25, 0.3) is 0 Å². The highest BCUT2D eigenvalue weighted by Crippen LogP contribution is 2.29. The number of hydrogen-bond donors (Lipinski definition) is 0. The molecule has 0 aliphatic heterocycles. The summed E-state index contributed by atoms with van der Waals surface area (Å²) in [5.74, 6) is 1.87. The number of hydrogen-bond acceptors (Lipinski definition) is 4. The van der Waals surface area contributed by atoms with Crippen molar-refractivity contribution in [3.63, 3.8) is 0 Å². The van der Waals surface area contributed by atoms with Crippen molar-refractivity contribution in [2.75, 3.05) is 25.2 Å². The van der Waals surface area contributed by atoms with Crippen LogP contribution in [-0.4, -0.2) is 25.2 Å². The zero-order valence-corrected chi connectivity index (χ0v) is 16.1. The van der Waals surface area contributed by atoms with Crippen LogP contribution in [0.3, 0.4) is 0 Å². The van der Waals surface area contributed by atoms with Crippen molar-refractivity contribution in [2.24, 2.45) is 0 Å². The number of pyridine rings is 1. The molecule has 0 atom stereocenters. The smallest absolute Gasteiger partial charge is 0.219 e. The highest BCUT2D eigenvalue weighted by Gasteiger charge is 2.10. The number of ether oxygens (including phenoxy) is 2. The number of rotatable bonds is 8. The van der Waals surface area contributed by atoms with E-state index in [4.69, 9.17) is 9.47 Å². The Balaban J connectivity index is 1.80. The van der Waals surface area contributed by atoms with Crippen molar-refractivity contribution in [1.82, 2.24) is 4.98 Å². The van der Waals surface area contributed by atoms with Gasteiger partial charge >= 0.3 is 0 Å². The van der Waals surface area contributed by atoms with Gasteiger partial charge in [-0.05, 0) is 53.9 Å². The predicted molar refractivity (Wildman–Crippen MR) is 110 cm³/mol. The Kier molecular flexibility index (Phi) is 6.44. The fraction of sp³-hybridized carbons (Fsp3) is 0.261. The Morgan fingerprint density at radius 2 is 1.56 bits per heavy atom. The second kappa shape index (κ2) is 9.19. The Bertz CT molecular complexity index is 815. The topological polar surface area (TPSA) is 34.6 Å². The van der Waals surface area contributed by atoms with Gasteiger partial charge < -0.3 is 14.4 Å². The molecule has 1 heterocycles. The van der Waals surface area contributed by atoms with E-state index in [9.17, 15) is 0 Å². The molecule has 0 aliphatic carbocycles. The van der Waals surface area contributed by atoms with Crippen LogP contribution >= 0.6 is 0 Å². The van der Waals surface area contributed by atoms with E-state index < -0.39 is 0 Å². The lowest BCUT2D eigenvalue weighted by Crippen LogP contribution is -2.21. The molecule has 27 heavy (non-hydrogen) atoms. The van der Waals surface area contributed by atoms with Gasteiger partial charge in [0.15, 0.2) is 0 Å². The molecular weight excluding hydrogens is 336 g/mol. The molecular formula is C23H26N2O2. The summed E-state index contributed by atoms with van der Waals surface area (Å²) < 4.78 is 11.1. The van der Waals surface area contributed by atoms with Gasteiger partial charge in [-0.25, -0.2) is 4.98 Å². The van der Waals surface area contributed by atoms with Gasteiger partial charge in [-0.1, -0.05) is 32.0 Å². The van der Waals surface area contributed by atoms with Gasteiger partial charge in [0, 0.05) is 37.3 Å². The molecule has 0 bridgehead atoms. The number of anilines is 2. The molecule has 140 valence electrons. The van der Waals surface area contributed by atoms with Crippen LogP contribution in [-0.2, 0) is 4.74 Å². The van der Waals surface area contributed by atoms with Crippen molar-refractivity contribution >= 4 is 11.4 Å². The Labute approximate surface area is 161 Å². The average Bonchev–Trinajstić information content (AvgIpc) is 2.70. The monoisotopic (exact) mass is 362 g/mol. The first-order chi connectivity index (χ1) is 13.2. The number of nitrogens with zero attached hydrogens (tertiary/aromatic N) is 2. The molecule has 0 saturated carbocycles. The number of methoxy groups -OCH3 is 1. The van der Waals surface area contributed by atoms with E-state index in [0.717, 1.165) is 23.7 Å². The summed E-state index contributed by atoms with van der Waals surface area (Å²) >= 11 is 0. The first kappa shape index (κ1) is 18.9. The van der Waals surface area contributed by atoms with Crippen molar-refractivity contribution in [2.45, 2.75) is 19.8 Å². The summed E-state index contributed by atoms with van der Waals surface area (Å²) in [6.45, 7) is 5.84. The molecule has 0 unspecified atom stereocenters. The SMILES string of the molecule is COCCN(c1ccc(Oc2ccccn2)cc1)c1ccc(C(C)C)cc1. The fourth-order valence-corrected chi connectivity index (χ4v) is 2.85. The lowest BCUT2D eigenvalue weighted by molar-refractivity contribution is 0.207. The Morgan fingerprint density at radius 3 is 2.11 bits per heavy atom. The predicted octanol–water partition coefficient (Wildman–Crippen LogP) is 5.78. The molecule has 0 amide bonds. The zero-order chi connectivity index (χ0) is 19.1. The minimum Gasteiger partial charge on any atom is -0.439 e. The van der Waals surface area contributed by atoms with Crippen LogP contribution in [0.15, 0.2) is 72.9 Å². The van der Waals surface area contributed by atoms with Gasteiger partial charge in [0.2, 0.25) is 5.88 Å². The van der Waals surface area contributed by atoms with Crippen LogP contribution in [0.2, 0.25) is 0 Å². The molecule has 4 nitrogen and oxygen atoms in total. The third-order valence-corrected chi connectivity index (χ3v) is 4.40.